The average Bonchev–Trinajstić information content (AvgIpc) is 2.44. The van der Waals surface area contributed by atoms with Crippen molar-refractivity contribution in [3.8, 4) is 17.2 Å². The Balaban J connectivity index is 3.06. The van der Waals surface area contributed by atoms with Crippen LogP contribution in [0.1, 0.15) is 25.3 Å². The van der Waals surface area contributed by atoms with Gasteiger partial charge in [0.2, 0.25) is 5.75 Å². The molecule has 104 valence electrons. The quantitative estimate of drug-likeness (QED) is 0.710. The van der Waals surface area contributed by atoms with E-state index in [2.05, 4.69) is 0 Å². The van der Waals surface area contributed by atoms with Gasteiger partial charge in [0, 0.05) is 6.42 Å². The number of benzene rings is 1. The highest BCUT2D eigenvalue weighted by atomic mass is 16.5. The predicted octanol–water partition coefficient (Wildman–Crippen LogP) is 3.09. The van der Waals surface area contributed by atoms with Gasteiger partial charge in [-0.2, -0.15) is 0 Å². The SMILES string of the molecule is CCCC(=O)/C=C/c1cc(OC)c(OC)c(OC)c1. The molecule has 0 radical (unpaired) electrons. The van der Waals surface area contributed by atoms with Gasteiger partial charge in [-0.1, -0.05) is 13.0 Å². The van der Waals surface area contributed by atoms with Crippen LogP contribution in [-0.4, -0.2) is 27.1 Å². The highest BCUT2D eigenvalue weighted by molar-refractivity contribution is 5.93. The van der Waals surface area contributed by atoms with Gasteiger partial charge in [-0.25, -0.2) is 0 Å². The van der Waals surface area contributed by atoms with Crippen molar-refractivity contribution < 1.29 is 19.0 Å². The second kappa shape index (κ2) is 7.46. The van der Waals surface area contributed by atoms with Crippen LogP contribution in [0.4, 0.5) is 0 Å². The summed E-state index contributed by atoms with van der Waals surface area (Å²) in [6, 6.07) is 3.61. The van der Waals surface area contributed by atoms with Gasteiger partial charge in [-0.3, -0.25) is 4.79 Å². The van der Waals surface area contributed by atoms with Gasteiger partial charge < -0.3 is 14.2 Å². The molecule has 4 nitrogen and oxygen atoms in total. The van der Waals surface area contributed by atoms with Crippen molar-refractivity contribution in [3.05, 3.63) is 23.8 Å². The number of ether oxygens (including phenoxy) is 3. The summed E-state index contributed by atoms with van der Waals surface area (Å²) in [5.74, 6) is 1.80. The van der Waals surface area contributed by atoms with Crippen LogP contribution in [0.2, 0.25) is 0 Å². The van der Waals surface area contributed by atoms with Crippen LogP contribution in [0.3, 0.4) is 0 Å². The summed E-state index contributed by atoms with van der Waals surface area (Å²) < 4.78 is 15.7. The molecule has 0 N–H and O–H groups in total. The van der Waals surface area contributed by atoms with Crippen LogP contribution in [-0.2, 0) is 4.79 Å². The standard InChI is InChI=1S/C15H20O4/c1-5-6-12(16)8-7-11-9-13(17-2)15(19-4)14(10-11)18-3/h7-10H,5-6H2,1-4H3/b8-7+. The molecule has 0 aliphatic rings. The Morgan fingerprint density at radius 1 is 1.11 bits per heavy atom. The normalized spacial score (nSPS) is 10.5. The Kier molecular flexibility index (Phi) is 5.93. The summed E-state index contributed by atoms with van der Waals surface area (Å²) in [5, 5.41) is 0. The minimum atomic E-state index is 0.108. The summed E-state index contributed by atoms with van der Waals surface area (Å²) in [7, 11) is 4.68. The molecule has 19 heavy (non-hydrogen) atoms. The molecule has 0 spiro atoms. The third-order valence-corrected chi connectivity index (χ3v) is 2.65. The highest BCUT2D eigenvalue weighted by Gasteiger charge is 2.12. The zero-order valence-corrected chi connectivity index (χ0v) is 11.9. The first kappa shape index (κ1) is 15.1. The van der Waals surface area contributed by atoms with E-state index in [4.69, 9.17) is 14.2 Å². The molecule has 1 aromatic carbocycles. The number of hydrogen-bond acceptors (Lipinski definition) is 4. The molecule has 0 aromatic heterocycles. The van der Waals surface area contributed by atoms with Crippen molar-refractivity contribution in [3.63, 3.8) is 0 Å². The van der Waals surface area contributed by atoms with Crippen LogP contribution in [0.5, 0.6) is 17.2 Å². The van der Waals surface area contributed by atoms with Gasteiger partial charge in [-0.05, 0) is 30.2 Å². The molecule has 1 rings (SSSR count). The zero-order valence-electron chi connectivity index (χ0n) is 11.9. The van der Waals surface area contributed by atoms with Gasteiger partial charge in [0.05, 0.1) is 21.3 Å². The Morgan fingerprint density at radius 3 is 2.11 bits per heavy atom. The fourth-order valence-electron chi connectivity index (χ4n) is 1.72. The third-order valence-electron chi connectivity index (χ3n) is 2.65. The minimum Gasteiger partial charge on any atom is -0.493 e. The summed E-state index contributed by atoms with van der Waals surface area (Å²) in [5.41, 5.74) is 0.832. The number of carbonyl (C=O) groups excluding carboxylic acids is 1. The van der Waals surface area contributed by atoms with Crippen LogP contribution in [0.25, 0.3) is 6.08 Å². The van der Waals surface area contributed by atoms with E-state index in [9.17, 15) is 4.79 Å². The minimum absolute atomic E-state index is 0.108. The molecular formula is C15H20O4. The van der Waals surface area contributed by atoms with Gasteiger partial charge in [-0.15, -0.1) is 0 Å². The molecule has 4 heteroatoms. The van der Waals surface area contributed by atoms with Crippen LogP contribution < -0.4 is 14.2 Å². The first-order chi connectivity index (χ1) is 9.15. The maximum atomic E-state index is 11.5. The summed E-state index contributed by atoms with van der Waals surface area (Å²) in [6.07, 6.45) is 4.73. The number of ketones is 1. The molecule has 1 aromatic rings. The maximum absolute atomic E-state index is 11.5. The molecule has 0 atom stereocenters. The van der Waals surface area contributed by atoms with Crippen molar-refractivity contribution in [1.82, 2.24) is 0 Å². The van der Waals surface area contributed by atoms with Crippen molar-refractivity contribution >= 4 is 11.9 Å². The van der Waals surface area contributed by atoms with Gasteiger partial charge in [0.25, 0.3) is 0 Å². The summed E-state index contributed by atoms with van der Waals surface area (Å²) >= 11 is 0. The Labute approximate surface area is 114 Å². The van der Waals surface area contributed by atoms with Crippen molar-refractivity contribution in [1.29, 1.82) is 0 Å². The first-order valence-electron chi connectivity index (χ1n) is 6.17. The lowest BCUT2D eigenvalue weighted by Gasteiger charge is -2.12. The average molecular weight is 264 g/mol. The number of methoxy groups -OCH3 is 3. The lowest BCUT2D eigenvalue weighted by Crippen LogP contribution is -1.96. The Morgan fingerprint density at radius 2 is 1.68 bits per heavy atom. The van der Waals surface area contributed by atoms with Gasteiger partial charge in [0.1, 0.15) is 0 Å². The number of allylic oxidation sites excluding steroid dienone is 1. The van der Waals surface area contributed by atoms with Gasteiger partial charge in [0.15, 0.2) is 17.3 Å². The topological polar surface area (TPSA) is 44.8 Å². The molecule has 0 unspecified atom stereocenters. The number of rotatable bonds is 7. The van der Waals surface area contributed by atoms with E-state index in [0.29, 0.717) is 23.7 Å². The van der Waals surface area contributed by atoms with Crippen LogP contribution in [0.15, 0.2) is 18.2 Å². The van der Waals surface area contributed by atoms with Crippen LogP contribution >= 0.6 is 0 Å². The maximum Gasteiger partial charge on any atom is 0.203 e. The second-order valence-electron chi connectivity index (χ2n) is 4.01. The van der Waals surface area contributed by atoms with Gasteiger partial charge >= 0.3 is 0 Å². The molecule has 0 fully saturated rings. The van der Waals surface area contributed by atoms with Crippen molar-refractivity contribution in [2.45, 2.75) is 19.8 Å². The van der Waals surface area contributed by atoms with E-state index in [1.54, 1.807) is 45.6 Å². The molecule has 0 saturated carbocycles. The largest absolute Gasteiger partial charge is 0.493 e. The van der Waals surface area contributed by atoms with E-state index in [-0.39, 0.29) is 5.78 Å². The van der Waals surface area contributed by atoms with E-state index in [1.165, 1.54) is 0 Å². The Hall–Kier alpha value is -1.97. The fraction of sp³-hybridized carbons (Fsp3) is 0.400. The molecule has 0 amide bonds. The van der Waals surface area contributed by atoms with E-state index >= 15 is 0 Å². The summed E-state index contributed by atoms with van der Waals surface area (Å²) in [6.45, 7) is 1.98. The fourth-order valence-corrected chi connectivity index (χ4v) is 1.72. The monoisotopic (exact) mass is 264 g/mol. The molecular weight excluding hydrogens is 244 g/mol. The molecule has 0 heterocycles. The summed E-state index contributed by atoms with van der Waals surface area (Å²) in [4.78, 5) is 11.5. The first-order valence-corrected chi connectivity index (χ1v) is 6.17. The number of hydrogen-bond donors (Lipinski definition) is 0. The zero-order chi connectivity index (χ0) is 14.3. The molecule has 0 saturated heterocycles. The lowest BCUT2D eigenvalue weighted by atomic mass is 10.1. The lowest BCUT2D eigenvalue weighted by molar-refractivity contribution is -0.114. The highest BCUT2D eigenvalue weighted by Crippen LogP contribution is 2.38. The van der Waals surface area contributed by atoms with Crippen molar-refractivity contribution in [2.75, 3.05) is 21.3 Å². The van der Waals surface area contributed by atoms with Crippen molar-refractivity contribution in [2.24, 2.45) is 0 Å². The smallest absolute Gasteiger partial charge is 0.203 e. The Bertz CT molecular complexity index is 438. The van der Waals surface area contributed by atoms with E-state index in [0.717, 1.165) is 12.0 Å². The predicted molar refractivity (Wildman–Crippen MR) is 75.0 cm³/mol. The number of carbonyl (C=O) groups is 1. The second-order valence-corrected chi connectivity index (χ2v) is 4.01. The van der Waals surface area contributed by atoms with E-state index < -0.39 is 0 Å². The third kappa shape index (κ3) is 4.02. The van der Waals surface area contributed by atoms with Crippen LogP contribution in [0, 0.1) is 0 Å². The molecule has 0 bridgehead atoms. The van der Waals surface area contributed by atoms with E-state index in [1.807, 2.05) is 6.92 Å². The molecule has 0 aliphatic carbocycles. The molecule has 0 aliphatic heterocycles.